The summed E-state index contributed by atoms with van der Waals surface area (Å²) in [5.41, 5.74) is 0.861. The zero-order chi connectivity index (χ0) is 13.2. The molecule has 4 nitrogen and oxygen atoms in total. The van der Waals surface area contributed by atoms with E-state index in [1.165, 1.54) is 11.3 Å². The molecule has 0 radical (unpaired) electrons. The zero-order valence-corrected chi connectivity index (χ0v) is 11.4. The zero-order valence-electron chi connectivity index (χ0n) is 10.6. The number of nitrogens with zero attached hydrogens (tertiary/aromatic N) is 2. The number of carbonyl (C=O) groups is 1. The molecule has 2 aromatic rings. The summed E-state index contributed by atoms with van der Waals surface area (Å²) in [4.78, 5) is 12.5. The maximum absolute atomic E-state index is 11.8. The predicted octanol–water partition coefficient (Wildman–Crippen LogP) is 3.09. The van der Waals surface area contributed by atoms with Gasteiger partial charge in [0.25, 0.3) is 5.91 Å². The van der Waals surface area contributed by atoms with Gasteiger partial charge in [0, 0.05) is 5.41 Å². The van der Waals surface area contributed by atoms with E-state index < -0.39 is 0 Å². The highest BCUT2D eigenvalue weighted by Crippen LogP contribution is 2.20. The van der Waals surface area contributed by atoms with E-state index in [2.05, 4.69) is 36.3 Å². The van der Waals surface area contributed by atoms with Gasteiger partial charge in [0.15, 0.2) is 5.82 Å². The molecule has 18 heavy (non-hydrogen) atoms. The second-order valence-electron chi connectivity index (χ2n) is 4.99. The number of nitrogens with one attached hydrogen (secondary N) is 1. The molecule has 1 amide bonds. The number of amides is 1. The molecule has 94 valence electrons. The van der Waals surface area contributed by atoms with Crippen LogP contribution in [-0.4, -0.2) is 16.1 Å². The van der Waals surface area contributed by atoms with Gasteiger partial charge in [0.2, 0.25) is 0 Å². The first kappa shape index (κ1) is 12.7. The molecule has 1 N–H and O–H groups in total. The van der Waals surface area contributed by atoms with Gasteiger partial charge in [0.05, 0.1) is 10.6 Å². The van der Waals surface area contributed by atoms with Gasteiger partial charge in [-0.1, -0.05) is 26.8 Å². The first-order chi connectivity index (χ1) is 8.47. The molecule has 0 spiro atoms. The molecular weight excluding hydrogens is 246 g/mol. The summed E-state index contributed by atoms with van der Waals surface area (Å²) in [7, 11) is 0. The molecule has 0 aliphatic rings. The van der Waals surface area contributed by atoms with Crippen molar-refractivity contribution >= 4 is 23.1 Å². The Morgan fingerprint density at radius 3 is 2.50 bits per heavy atom. The minimum Gasteiger partial charge on any atom is -0.304 e. The second kappa shape index (κ2) is 4.86. The summed E-state index contributed by atoms with van der Waals surface area (Å²) in [6, 6.07) is 7.28. The van der Waals surface area contributed by atoms with Crippen LogP contribution in [0.5, 0.6) is 0 Å². The van der Waals surface area contributed by atoms with Gasteiger partial charge in [-0.25, -0.2) is 0 Å². The molecule has 0 atom stereocenters. The second-order valence-corrected chi connectivity index (χ2v) is 5.93. The van der Waals surface area contributed by atoms with Gasteiger partial charge < -0.3 is 5.32 Å². The molecule has 0 bridgehead atoms. The number of carbonyl (C=O) groups excluding carboxylic acids is 1. The van der Waals surface area contributed by atoms with Crippen LogP contribution in [0.15, 0.2) is 29.6 Å². The Labute approximate surface area is 110 Å². The van der Waals surface area contributed by atoms with Crippen LogP contribution >= 0.6 is 11.3 Å². The van der Waals surface area contributed by atoms with E-state index in [-0.39, 0.29) is 11.3 Å². The summed E-state index contributed by atoms with van der Waals surface area (Å²) >= 11 is 1.40. The van der Waals surface area contributed by atoms with Gasteiger partial charge in [0.1, 0.15) is 0 Å². The molecule has 0 fully saturated rings. The van der Waals surface area contributed by atoms with Crippen molar-refractivity contribution in [2.45, 2.75) is 26.2 Å². The van der Waals surface area contributed by atoms with Crippen molar-refractivity contribution in [2.75, 3.05) is 5.32 Å². The smallest absolute Gasteiger partial charge is 0.266 e. The van der Waals surface area contributed by atoms with Crippen molar-refractivity contribution in [3.05, 3.63) is 40.2 Å². The Bertz CT molecular complexity index is 526. The number of anilines is 1. The maximum Gasteiger partial charge on any atom is 0.266 e. The fourth-order valence-electron chi connectivity index (χ4n) is 1.38. The average Bonchev–Trinajstić information content (AvgIpc) is 2.82. The molecule has 0 aliphatic heterocycles. The minimum absolute atomic E-state index is 0.0384. The van der Waals surface area contributed by atoms with Crippen LogP contribution in [0, 0.1) is 0 Å². The van der Waals surface area contributed by atoms with E-state index in [1.54, 1.807) is 12.1 Å². The number of hydrogen-bond donors (Lipinski definition) is 1. The van der Waals surface area contributed by atoms with Crippen LogP contribution in [0.25, 0.3) is 0 Å². The van der Waals surface area contributed by atoms with Crippen LogP contribution in [-0.2, 0) is 5.41 Å². The fourth-order valence-corrected chi connectivity index (χ4v) is 2.00. The summed E-state index contributed by atoms with van der Waals surface area (Å²) < 4.78 is 0. The number of rotatable bonds is 2. The standard InChI is InChI=1S/C13H15N3OS/c1-13(2,3)10-6-7-11(16-15-10)14-12(17)9-5-4-8-18-9/h4-8H,1-3H3,(H,14,16,17). The van der Waals surface area contributed by atoms with Gasteiger partial charge in [-0.05, 0) is 23.6 Å². The quantitative estimate of drug-likeness (QED) is 0.903. The average molecular weight is 261 g/mol. The molecule has 0 aliphatic carbocycles. The molecular formula is C13H15N3OS. The highest BCUT2D eigenvalue weighted by atomic mass is 32.1. The molecule has 5 heteroatoms. The molecule has 2 rings (SSSR count). The highest BCUT2D eigenvalue weighted by Gasteiger charge is 2.16. The van der Waals surface area contributed by atoms with Gasteiger partial charge in [-0.2, -0.15) is 5.10 Å². The van der Waals surface area contributed by atoms with Crippen molar-refractivity contribution in [3.63, 3.8) is 0 Å². The molecule has 0 unspecified atom stereocenters. The fraction of sp³-hybridized carbons (Fsp3) is 0.308. The van der Waals surface area contributed by atoms with Crippen LogP contribution in [0.4, 0.5) is 5.82 Å². The number of thiophene rings is 1. The van der Waals surface area contributed by atoms with E-state index in [4.69, 9.17) is 0 Å². The van der Waals surface area contributed by atoms with E-state index in [9.17, 15) is 4.79 Å². The number of hydrogen-bond acceptors (Lipinski definition) is 4. The van der Waals surface area contributed by atoms with E-state index in [0.29, 0.717) is 10.7 Å². The van der Waals surface area contributed by atoms with Crippen molar-refractivity contribution < 1.29 is 4.79 Å². The summed E-state index contributed by atoms with van der Waals surface area (Å²) in [5, 5.41) is 12.7. The normalized spacial score (nSPS) is 11.3. The molecule has 2 aromatic heterocycles. The Kier molecular flexibility index (Phi) is 3.43. The summed E-state index contributed by atoms with van der Waals surface area (Å²) in [6.45, 7) is 6.21. The van der Waals surface area contributed by atoms with E-state index in [0.717, 1.165) is 5.69 Å². The van der Waals surface area contributed by atoms with Crippen molar-refractivity contribution in [2.24, 2.45) is 0 Å². The molecule has 2 heterocycles. The summed E-state index contributed by atoms with van der Waals surface area (Å²) in [5.74, 6) is 0.323. The third kappa shape index (κ3) is 2.92. The van der Waals surface area contributed by atoms with Crippen molar-refractivity contribution in [1.82, 2.24) is 10.2 Å². The lowest BCUT2D eigenvalue weighted by Gasteiger charge is -2.16. The first-order valence-electron chi connectivity index (χ1n) is 5.66. The SMILES string of the molecule is CC(C)(C)c1ccc(NC(=O)c2cccs2)nn1. The third-order valence-electron chi connectivity index (χ3n) is 2.42. The summed E-state index contributed by atoms with van der Waals surface area (Å²) in [6.07, 6.45) is 0. The Morgan fingerprint density at radius 2 is 2.00 bits per heavy atom. The third-order valence-corrected chi connectivity index (χ3v) is 3.29. The van der Waals surface area contributed by atoms with E-state index in [1.807, 2.05) is 17.5 Å². The largest absolute Gasteiger partial charge is 0.304 e. The van der Waals surface area contributed by atoms with Crippen LogP contribution < -0.4 is 5.32 Å². The molecule has 0 saturated heterocycles. The lowest BCUT2D eigenvalue weighted by atomic mass is 9.92. The molecule has 0 aromatic carbocycles. The van der Waals surface area contributed by atoms with Crippen LogP contribution in [0.1, 0.15) is 36.1 Å². The number of aromatic nitrogens is 2. The Hall–Kier alpha value is -1.75. The van der Waals surface area contributed by atoms with Gasteiger partial charge >= 0.3 is 0 Å². The lowest BCUT2D eigenvalue weighted by molar-refractivity contribution is 0.103. The predicted molar refractivity (Wildman–Crippen MR) is 73.0 cm³/mol. The Balaban J connectivity index is 2.09. The maximum atomic E-state index is 11.8. The Morgan fingerprint density at radius 1 is 1.22 bits per heavy atom. The van der Waals surface area contributed by atoms with Crippen LogP contribution in [0.2, 0.25) is 0 Å². The van der Waals surface area contributed by atoms with E-state index >= 15 is 0 Å². The first-order valence-corrected chi connectivity index (χ1v) is 6.54. The monoisotopic (exact) mass is 261 g/mol. The minimum atomic E-state index is -0.150. The van der Waals surface area contributed by atoms with Crippen molar-refractivity contribution in [3.8, 4) is 0 Å². The molecule has 0 saturated carbocycles. The van der Waals surface area contributed by atoms with Crippen molar-refractivity contribution in [1.29, 1.82) is 0 Å². The van der Waals surface area contributed by atoms with Crippen LogP contribution in [0.3, 0.4) is 0 Å². The van der Waals surface area contributed by atoms with Gasteiger partial charge in [-0.3, -0.25) is 4.79 Å². The van der Waals surface area contributed by atoms with Gasteiger partial charge in [-0.15, -0.1) is 16.4 Å². The topological polar surface area (TPSA) is 54.9 Å². The highest BCUT2D eigenvalue weighted by molar-refractivity contribution is 7.12. The lowest BCUT2D eigenvalue weighted by Crippen LogP contribution is -2.16.